The molecule has 0 aliphatic carbocycles. The van der Waals surface area contributed by atoms with E-state index in [9.17, 15) is 4.79 Å². The molecule has 1 N–H and O–H groups in total. The van der Waals surface area contributed by atoms with Crippen LogP contribution in [0.3, 0.4) is 0 Å². The standard InChI is InChI=1S/C10H12N2OS2/c1-5(2)6-4-15-9-7(6)8(13)11-10(12-9)14-3/h4-5H,1-3H3,(H,11,12,13). The van der Waals surface area contributed by atoms with E-state index in [-0.39, 0.29) is 5.56 Å². The lowest BCUT2D eigenvalue weighted by atomic mass is 10.0. The zero-order valence-corrected chi connectivity index (χ0v) is 10.5. The average molecular weight is 240 g/mol. The van der Waals surface area contributed by atoms with Crippen molar-refractivity contribution in [1.82, 2.24) is 9.97 Å². The predicted octanol–water partition coefficient (Wildman–Crippen LogP) is 2.83. The smallest absolute Gasteiger partial charge is 0.260 e. The van der Waals surface area contributed by atoms with Gasteiger partial charge in [-0.2, -0.15) is 0 Å². The van der Waals surface area contributed by atoms with Crippen LogP contribution in [-0.2, 0) is 0 Å². The highest BCUT2D eigenvalue weighted by molar-refractivity contribution is 7.98. The number of fused-ring (bicyclic) bond motifs is 1. The second kappa shape index (κ2) is 3.98. The average Bonchev–Trinajstić information content (AvgIpc) is 2.61. The SMILES string of the molecule is CSc1nc2scc(C(C)C)c2c(=O)[nH]1. The Morgan fingerprint density at radius 3 is 2.87 bits per heavy atom. The van der Waals surface area contributed by atoms with Crippen LogP contribution >= 0.6 is 23.1 Å². The van der Waals surface area contributed by atoms with Crippen molar-refractivity contribution in [3.8, 4) is 0 Å². The second-order valence-electron chi connectivity index (χ2n) is 3.60. The molecule has 0 aliphatic rings. The summed E-state index contributed by atoms with van der Waals surface area (Å²) >= 11 is 3.00. The number of rotatable bonds is 2. The van der Waals surface area contributed by atoms with Crippen molar-refractivity contribution in [2.45, 2.75) is 24.9 Å². The van der Waals surface area contributed by atoms with Crippen molar-refractivity contribution in [2.24, 2.45) is 0 Å². The molecule has 2 aromatic rings. The van der Waals surface area contributed by atoms with Crippen LogP contribution in [0, 0.1) is 0 Å². The molecule has 0 aliphatic heterocycles. The number of aromatic amines is 1. The number of nitrogens with zero attached hydrogens (tertiary/aromatic N) is 1. The van der Waals surface area contributed by atoms with Gasteiger partial charge in [0.05, 0.1) is 5.39 Å². The first-order valence-electron chi connectivity index (χ1n) is 4.69. The molecule has 3 nitrogen and oxygen atoms in total. The monoisotopic (exact) mass is 240 g/mol. The summed E-state index contributed by atoms with van der Waals surface area (Å²) in [5.74, 6) is 0.363. The second-order valence-corrected chi connectivity index (χ2v) is 5.25. The van der Waals surface area contributed by atoms with Gasteiger partial charge in [0.2, 0.25) is 0 Å². The van der Waals surface area contributed by atoms with Crippen LogP contribution in [0.4, 0.5) is 0 Å². The van der Waals surface area contributed by atoms with Gasteiger partial charge in [-0.15, -0.1) is 11.3 Å². The van der Waals surface area contributed by atoms with E-state index in [0.29, 0.717) is 11.1 Å². The summed E-state index contributed by atoms with van der Waals surface area (Å²) in [7, 11) is 0. The molecule has 0 unspecified atom stereocenters. The topological polar surface area (TPSA) is 45.8 Å². The predicted molar refractivity (Wildman–Crippen MR) is 66.1 cm³/mol. The number of thiophene rings is 1. The molecule has 0 bridgehead atoms. The van der Waals surface area contributed by atoms with Gasteiger partial charge < -0.3 is 4.98 Å². The summed E-state index contributed by atoms with van der Waals surface area (Å²) in [6.45, 7) is 4.17. The Labute approximate surface area is 95.9 Å². The Balaban J connectivity index is 2.77. The van der Waals surface area contributed by atoms with E-state index in [0.717, 1.165) is 15.8 Å². The molecule has 2 rings (SSSR count). The van der Waals surface area contributed by atoms with Crippen molar-refractivity contribution in [2.75, 3.05) is 6.26 Å². The normalized spacial score (nSPS) is 11.5. The van der Waals surface area contributed by atoms with E-state index in [1.165, 1.54) is 11.8 Å². The third-order valence-electron chi connectivity index (χ3n) is 2.27. The molecule has 0 atom stereocenters. The van der Waals surface area contributed by atoms with Gasteiger partial charge in [0.15, 0.2) is 5.16 Å². The molecule has 0 amide bonds. The van der Waals surface area contributed by atoms with Crippen molar-refractivity contribution in [1.29, 1.82) is 0 Å². The van der Waals surface area contributed by atoms with E-state index in [1.807, 2.05) is 11.6 Å². The van der Waals surface area contributed by atoms with Gasteiger partial charge in [-0.05, 0) is 23.1 Å². The molecule has 0 spiro atoms. The molecule has 2 aromatic heterocycles. The minimum Gasteiger partial charge on any atom is -0.301 e. The first kappa shape index (κ1) is 10.7. The van der Waals surface area contributed by atoms with Crippen molar-refractivity contribution in [3.63, 3.8) is 0 Å². The van der Waals surface area contributed by atoms with Crippen LogP contribution in [0.5, 0.6) is 0 Å². The first-order valence-corrected chi connectivity index (χ1v) is 6.79. The Hall–Kier alpha value is -0.810. The Kier molecular flexibility index (Phi) is 2.84. The quantitative estimate of drug-likeness (QED) is 0.648. The molecule has 0 aromatic carbocycles. The number of aromatic nitrogens is 2. The Morgan fingerprint density at radius 1 is 1.53 bits per heavy atom. The van der Waals surface area contributed by atoms with Crippen LogP contribution < -0.4 is 5.56 Å². The molecule has 0 fully saturated rings. The lowest BCUT2D eigenvalue weighted by molar-refractivity contribution is 0.875. The van der Waals surface area contributed by atoms with Gasteiger partial charge in [-0.3, -0.25) is 4.79 Å². The van der Waals surface area contributed by atoms with Crippen LogP contribution in [0.25, 0.3) is 10.2 Å². The lowest BCUT2D eigenvalue weighted by Crippen LogP contribution is -2.09. The maximum absolute atomic E-state index is 11.8. The summed E-state index contributed by atoms with van der Waals surface area (Å²) in [5.41, 5.74) is 1.07. The minimum atomic E-state index is -0.0192. The molecule has 2 heterocycles. The Bertz CT molecular complexity index is 542. The zero-order valence-electron chi connectivity index (χ0n) is 8.83. The number of thioether (sulfide) groups is 1. The molecular formula is C10H12N2OS2. The van der Waals surface area contributed by atoms with E-state index in [4.69, 9.17) is 0 Å². The van der Waals surface area contributed by atoms with Crippen LogP contribution in [-0.4, -0.2) is 16.2 Å². The van der Waals surface area contributed by atoms with Crippen molar-refractivity contribution < 1.29 is 0 Å². The summed E-state index contributed by atoms with van der Waals surface area (Å²) in [6.07, 6.45) is 1.90. The fourth-order valence-corrected chi connectivity index (χ4v) is 3.01. The number of nitrogens with one attached hydrogen (secondary N) is 1. The number of hydrogen-bond donors (Lipinski definition) is 1. The van der Waals surface area contributed by atoms with Crippen LogP contribution in [0.15, 0.2) is 15.3 Å². The molecule has 80 valence electrons. The van der Waals surface area contributed by atoms with Crippen LogP contribution in [0.1, 0.15) is 25.3 Å². The third-order valence-corrected chi connectivity index (χ3v) is 3.74. The van der Waals surface area contributed by atoms with Crippen molar-refractivity contribution in [3.05, 3.63) is 21.3 Å². The third kappa shape index (κ3) is 1.81. The zero-order chi connectivity index (χ0) is 11.0. The summed E-state index contributed by atoms with van der Waals surface area (Å²) in [6, 6.07) is 0. The van der Waals surface area contributed by atoms with E-state index in [1.54, 1.807) is 11.3 Å². The van der Waals surface area contributed by atoms with Gasteiger partial charge in [0.1, 0.15) is 4.83 Å². The van der Waals surface area contributed by atoms with Gasteiger partial charge in [-0.1, -0.05) is 25.6 Å². The maximum Gasteiger partial charge on any atom is 0.260 e. The van der Waals surface area contributed by atoms with Gasteiger partial charge >= 0.3 is 0 Å². The molecule has 5 heteroatoms. The summed E-state index contributed by atoms with van der Waals surface area (Å²) in [4.78, 5) is 19.9. The van der Waals surface area contributed by atoms with E-state index in [2.05, 4.69) is 23.8 Å². The number of H-pyrrole nitrogens is 1. The van der Waals surface area contributed by atoms with Gasteiger partial charge in [0.25, 0.3) is 5.56 Å². The summed E-state index contributed by atoms with van der Waals surface area (Å²) < 4.78 is 0. The van der Waals surface area contributed by atoms with E-state index < -0.39 is 0 Å². The first-order chi connectivity index (χ1) is 7.13. The summed E-state index contributed by atoms with van der Waals surface area (Å²) in [5, 5.41) is 3.47. The largest absolute Gasteiger partial charge is 0.301 e. The molecule has 0 saturated heterocycles. The molecule has 0 saturated carbocycles. The fraction of sp³-hybridized carbons (Fsp3) is 0.400. The minimum absolute atomic E-state index is 0.0192. The maximum atomic E-state index is 11.8. The highest BCUT2D eigenvalue weighted by Crippen LogP contribution is 2.27. The van der Waals surface area contributed by atoms with Crippen LogP contribution in [0.2, 0.25) is 0 Å². The molecule has 15 heavy (non-hydrogen) atoms. The van der Waals surface area contributed by atoms with Gasteiger partial charge in [0, 0.05) is 0 Å². The Morgan fingerprint density at radius 2 is 2.27 bits per heavy atom. The fourth-order valence-electron chi connectivity index (χ4n) is 1.47. The van der Waals surface area contributed by atoms with E-state index >= 15 is 0 Å². The van der Waals surface area contributed by atoms with Gasteiger partial charge in [-0.25, -0.2) is 4.98 Å². The highest BCUT2D eigenvalue weighted by atomic mass is 32.2. The lowest BCUT2D eigenvalue weighted by Gasteiger charge is -2.01. The highest BCUT2D eigenvalue weighted by Gasteiger charge is 2.12. The number of hydrogen-bond acceptors (Lipinski definition) is 4. The molecule has 0 radical (unpaired) electrons. The van der Waals surface area contributed by atoms with Crippen molar-refractivity contribution >= 4 is 33.3 Å². The molecular weight excluding hydrogens is 228 g/mol.